The number of hydrogen-bond donors (Lipinski definition) is 5. The van der Waals surface area contributed by atoms with Crippen molar-refractivity contribution in [3.8, 4) is 5.75 Å². The minimum Gasteiger partial charge on any atom is -0.488 e. The van der Waals surface area contributed by atoms with Gasteiger partial charge in [0.1, 0.15) is 35.5 Å². The lowest BCUT2D eigenvalue weighted by Crippen LogP contribution is -2.37. The number of likely N-dealkylation sites (tertiary alicyclic amines) is 1. The third-order valence-corrected chi connectivity index (χ3v) is 9.34. The zero-order chi connectivity index (χ0) is 39.5. The van der Waals surface area contributed by atoms with E-state index in [0.29, 0.717) is 46.8 Å². The third-order valence-electron chi connectivity index (χ3n) is 9.34. The first-order chi connectivity index (χ1) is 27.0. The normalized spacial score (nSPS) is 13.9. The first kappa shape index (κ1) is 39.4. The number of aryl methyl sites for hydroxylation is 1. The molecule has 1 aliphatic heterocycles. The van der Waals surface area contributed by atoms with Crippen LogP contribution in [0, 0.1) is 12.3 Å². The molecule has 56 heavy (non-hydrogen) atoms. The summed E-state index contributed by atoms with van der Waals surface area (Å²) >= 11 is 0. The van der Waals surface area contributed by atoms with Crippen LogP contribution in [-0.2, 0) is 6.61 Å². The minimum atomic E-state index is -0.463. The molecule has 6 rings (SSSR count). The molecular weight excluding hydrogens is 705 g/mol. The molecule has 290 valence electrons. The average molecular weight is 755 g/mol. The zero-order valence-corrected chi connectivity index (χ0v) is 32.4. The second-order valence-electron chi connectivity index (χ2n) is 14.8. The predicted molar refractivity (Wildman–Crippen MR) is 223 cm³/mol. The van der Waals surface area contributed by atoms with Gasteiger partial charge in [-0.05, 0) is 74.8 Å². The Morgan fingerprint density at radius 1 is 0.911 bits per heavy atom. The average Bonchev–Trinajstić information content (AvgIpc) is 3.19. The highest BCUT2D eigenvalue weighted by atomic mass is 16.5. The molecule has 0 bridgehead atoms. The number of ether oxygens (including phenoxy) is 1. The van der Waals surface area contributed by atoms with Gasteiger partial charge in [-0.3, -0.25) is 10.1 Å². The molecule has 13 nitrogen and oxygen atoms in total. The molecule has 0 atom stereocenters. The van der Waals surface area contributed by atoms with Crippen molar-refractivity contribution in [3.05, 3.63) is 120 Å². The number of nitrogens with two attached hydrogens (primary N) is 1. The number of allylic oxidation sites excluding steroid dienone is 1. The number of rotatable bonds is 12. The molecule has 0 spiro atoms. The number of anilines is 3. The van der Waals surface area contributed by atoms with Gasteiger partial charge in [0, 0.05) is 47.2 Å². The van der Waals surface area contributed by atoms with Crippen molar-refractivity contribution in [2.24, 2.45) is 16.1 Å². The molecule has 0 aliphatic carbocycles. The van der Waals surface area contributed by atoms with Crippen LogP contribution in [0.4, 0.5) is 27.8 Å². The number of nitrogens with one attached hydrogen (secondary N) is 4. The lowest BCUT2D eigenvalue weighted by atomic mass is 9.92. The van der Waals surface area contributed by atoms with Crippen LogP contribution in [0.2, 0.25) is 0 Å². The Morgan fingerprint density at radius 2 is 1.68 bits per heavy atom. The second-order valence-corrected chi connectivity index (χ2v) is 14.8. The molecular formula is C43H50N10O3. The molecule has 1 aliphatic rings. The van der Waals surface area contributed by atoms with Gasteiger partial charge < -0.3 is 31.3 Å². The molecule has 0 unspecified atom stereocenters. The van der Waals surface area contributed by atoms with Crippen LogP contribution in [0.25, 0.3) is 10.8 Å². The summed E-state index contributed by atoms with van der Waals surface area (Å²) in [6, 6.07) is 22.3. The van der Waals surface area contributed by atoms with Crippen molar-refractivity contribution in [1.29, 1.82) is 0 Å². The maximum absolute atomic E-state index is 13.4. The highest BCUT2D eigenvalue weighted by Gasteiger charge is 2.17. The summed E-state index contributed by atoms with van der Waals surface area (Å²) in [5, 5.41) is 13.6. The lowest BCUT2D eigenvalue weighted by molar-refractivity contribution is 0.0941. The van der Waals surface area contributed by atoms with Crippen molar-refractivity contribution in [2.45, 2.75) is 53.6 Å². The monoisotopic (exact) mass is 754 g/mol. The Labute approximate surface area is 327 Å². The van der Waals surface area contributed by atoms with Crippen LogP contribution in [0.15, 0.2) is 108 Å². The number of hydrogen-bond acceptors (Lipinski definition) is 10. The molecule has 1 fully saturated rings. The number of carbonyl (C=O) groups excluding carboxylic acids is 2. The van der Waals surface area contributed by atoms with E-state index in [1.54, 1.807) is 12.3 Å². The van der Waals surface area contributed by atoms with Crippen molar-refractivity contribution >= 4 is 51.6 Å². The predicted octanol–water partition coefficient (Wildman–Crippen LogP) is 7.61. The smallest absolute Gasteiger partial charge is 0.324 e. The number of amidine groups is 1. The van der Waals surface area contributed by atoms with E-state index < -0.39 is 6.03 Å². The largest absolute Gasteiger partial charge is 0.488 e. The van der Waals surface area contributed by atoms with Gasteiger partial charge in [0.2, 0.25) is 0 Å². The van der Waals surface area contributed by atoms with Gasteiger partial charge in [-0.15, -0.1) is 0 Å². The van der Waals surface area contributed by atoms with Crippen molar-refractivity contribution in [1.82, 2.24) is 30.5 Å². The van der Waals surface area contributed by atoms with Crippen molar-refractivity contribution in [3.63, 3.8) is 0 Å². The van der Waals surface area contributed by atoms with Gasteiger partial charge in [0.25, 0.3) is 5.91 Å². The van der Waals surface area contributed by atoms with E-state index in [1.807, 2.05) is 100 Å². The van der Waals surface area contributed by atoms with Gasteiger partial charge >= 0.3 is 6.03 Å². The van der Waals surface area contributed by atoms with Gasteiger partial charge in [-0.2, -0.15) is 0 Å². The standard InChI is InChI=1S/C43H50N10O3/c1-29-12-14-31(15-13-29)49-39(25-37(44)43(2,3)4)52-42(55)50-34-16-17-36(33-11-7-6-10-32(33)34)56-28-30-18-19-45-38(24-30)51-40-27-47-35(26-48-40)41(54)46-20-23-53-21-8-5-9-22-53/h6-7,10-19,24-27H,5,8-9,20-23,28,44H2,1-4H3,(H,46,54)(H,45,48,51)(H2,49,50,52,55). The molecule has 0 saturated carbocycles. The first-order valence-corrected chi connectivity index (χ1v) is 18.9. The fraction of sp³-hybridized carbons (Fsp3) is 0.302. The third kappa shape index (κ3) is 11.1. The number of nitrogens with zero attached hydrogens (tertiary/aromatic N) is 5. The summed E-state index contributed by atoms with van der Waals surface area (Å²) in [4.78, 5) is 46.1. The number of benzene rings is 3. The molecule has 13 heteroatoms. The molecule has 5 aromatic rings. The van der Waals surface area contributed by atoms with E-state index in [-0.39, 0.29) is 23.6 Å². The van der Waals surface area contributed by atoms with Crippen LogP contribution < -0.4 is 31.7 Å². The Morgan fingerprint density at radius 3 is 2.41 bits per heavy atom. The lowest BCUT2D eigenvalue weighted by Gasteiger charge is -2.26. The summed E-state index contributed by atoms with van der Waals surface area (Å²) in [5.74, 6) is 1.74. The van der Waals surface area contributed by atoms with Crippen LogP contribution in [0.1, 0.15) is 61.6 Å². The number of aromatic nitrogens is 3. The van der Waals surface area contributed by atoms with Crippen LogP contribution in [0.3, 0.4) is 0 Å². The number of pyridine rings is 1. The topological polar surface area (TPSA) is 172 Å². The second kappa shape index (κ2) is 18.3. The van der Waals surface area contributed by atoms with Crippen molar-refractivity contribution in [2.75, 3.05) is 36.8 Å². The number of piperidine rings is 1. The number of aliphatic imine (C=N–C) groups is 1. The SMILES string of the molecule is Cc1ccc(N=C(C=C(N)C(C)(C)C)NC(=O)Nc2ccc(OCc3ccnc(Nc4cnc(C(=O)NCCN5CCCCC5)cn4)c3)c3ccccc23)cc1. The summed E-state index contributed by atoms with van der Waals surface area (Å²) in [6.45, 7) is 11.8. The summed E-state index contributed by atoms with van der Waals surface area (Å²) in [5.41, 5.74) is 10.2. The minimum absolute atomic E-state index is 0.245. The fourth-order valence-corrected chi connectivity index (χ4v) is 6.03. The molecule has 2 aromatic heterocycles. The first-order valence-electron chi connectivity index (χ1n) is 18.9. The number of fused-ring (bicyclic) bond motifs is 1. The van der Waals surface area contributed by atoms with Crippen LogP contribution in [-0.4, -0.2) is 63.8 Å². The summed E-state index contributed by atoms with van der Waals surface area (Å²) < 4.78 is 6.30. The Hall–Kier alpha value is -6.34. The molecule has 3 heterocycles. The Bertz CT molecular complexity index is 2190. The highest BCUT2D eigenvalue weighted by Crippen LogP contribution is 2.32. The maximum Gasteiger partial charge on any atom is 0.324 e. The number of carbonyl (C=O) groups is 2. The zero-order valence-electron chi connectivity index (χ0n) is 32.4. The Kier molecular flexibility index (Phi) is 12.9. The molecule has 3 amide bonds. The van der Waals surface area contributed by atoms with E-state index in [2.05, 4.69) is 46.1 Å². The van der Waals surface area contributed by atoms with E-state index >= 15 is 0 Å². The summed E-state index contributed by atoms with van der Waals surface area (Å²) in [7, 11) is 0. The van der Waals surface area contributed by atoms with E-state index in [9.17, 15) is 9.59 Å². The van der Waals surface area contributed by atoms with Gasteiger partial charge in [-0.25, -0.2) is 24.7 Å². The summed E-state index contributed by atoms with van der Waals surface area (Å²) in [6.07, 6.45) is 10.1. The van der Waals surface area contributed by atoms with E-state index in [0.717, 1.165) is 41.5 Å². The van der Waals surface area contributed by atoms with Crippen molar-refractivity contribution < 1.29 is 14.3 Å². The van der Waals surface area contributed by atoms with Crippen LogP contribution in [0.5, 0.6) is 5.75 Å². The molecule has 3 aromatic carbocycles. The van der Waals surface area contributed by atoms with Gasteiger partial charge in [-0.1, -0.05) is 69.2 Å². The quantitative estimate of drug-likeness (QED) is 0.0635. The molecule has 0 radical (unpaired) electrons. The van der Waals surface area contributed by atoms with Gasteiger partial charge in [0.15, 0.2) is 0 Å². The van der Waals surface area contributed by atoms with Crippen LogP contribution >= 0.6 is 0 Å². The van der Waals surface area contributed by atoms with E-state index in [4.69, 9.17) is 10.5 Å². The van der Waals surface area contributed by atoms with Gasteiger partial charge in [0.05, 0.1) is 23.8 Å². The highest BCUT2D eigenvalue weighted by molar-refractivity contribution is 6.11. The molecule has 6 N–H and O–H groups in total. The number of urea groups is 1. The Balaban J connectivity index is 1.07. The number of amides is 3. The fourth-order valence-electron chi connectivity index (χ4n) is 6.03. The maximum atomic E-state index is 13.4. The van der Waals surface area contributed by atoms with E-state index in [1.165, 1.54) is 31.7 Å². The molecule has 1 saturated heterocycles.